The third-order valence-corrected chi connectivity index (χ3v) is 4.55. The SMILES string of the molecule is CCNC(=NCc1nc(C(F)(F)F)cs1)NCCc1ccc(N(C)C)cc1. The number of aromatic nitrogens is 1. The Balaban J connectivity index is 1.88. The normalized spacial score (nSPS) is 12.1. The average Bonchev–Trinajstić information content (AvgIpc) is 3.09. The Hall–Kier alpha value is -2.29. The molecule has 2 aromatic rings. The van der Waals surface area contributed by atoms with Crippen molar-refractivity contribution < 1.29 is 13.2 Å². The predicted molar refractivity (Wildman–Crippen MR) is 104 cm³/mol. The molecule has 27 heavy (non-hydrogen) atoms. The summed E-state index contributed by atoms with van der Waals surface area (Å²) in [5.41, 5.74) is 1.47. The molecule has 0 aliphatic heterocycles. The van der Waals surface area contributed by atoms with Crippen molar-refractivity contribution >= 4 is 23.0 Å². The largest absolute Gasteiger partial charge is 0.434 e. The summed E-state index contributed by atoms with van der Waals surface area (Å²) in [6, 6.07) is 8.29. The van der Waals surface area contributed by atoms with E-state index in [1.165, 1.54) is 5.56 Å². The maximum absolute atomic E-state index is 12.6. The number of rotatable bonds is 7. The molecule has 0 unspecified atom stereocenters. The van der Waals surface area contributed by atoms with Crippen LogP contribution >= 0.6 is 11.3 Å². The zero-order valence-corrected chi connectivity index (χ0v) is 16.4. The lowest BCUT2D eigenvalue weighted by molar-refractivity contribution is -0.140. The molecule has 0 amide bonds. The first-order valence-electron chi connectivity index (χ1n) is 8.59. The fourth-order valence-electron chi connectivity index (χ4n) is 2.29. The fourth-order valence-corrected chi connectivity index (χ4v) is 3.01. The molecule has 0 fully saturated rings. The van der Waals surface area contributed by atoms with Crippen LogP contribution in [-0.2, 0) is 19.1 Å². The fraction of sp³-hybridized carbons (Fsp3) is 0.444. The van der Waals surface area contributed by atoms with Gasteiger partial charge in [0.25, 0.3) is 0 Å². The molecular weight excluding hydrogens is 375 g/mol. The van der Waals surface area contributed by atoms with E-state index >= 15 is 0 Å². The molecule has 0 radical (unpaired) electrons. The number of benzene rings is 1. The second kappa shape index (κ2) is 9.59. The van der Waals surface area contributed by atoms with Crippen molar-refractivity contribution in [2.24, 2.45) is 4.99 Å². The van der Waals surface area contributed by atoms with Crippen molar-refractivity contribution in [1.29, 1.82) is 0 Å². The van der Waals surface area contributed by atoms with Crippen LogP contribution in [-0.4, -0.2) is 38.1 Å². The van der Waals surface area contributed by atoms with E-state index in [0.29, 0.717) is 24.1 Å². The van der Waals surface area contributed by atoms with Crippen LogP contribution in [0.5, 0.6) is 0 Å². The summed E-state index contributed by atoms with van der Waals surface area (Å²) in [6.07, 6.45) is -3.60. The molecule has 9 heteroatoms. The highest BCUT2D eigenvalue weighted by Crippen LogP contribution is 2.30. The molecule has 0 aliphatic carbocycles. The number of thiazole rings is 1. The van der Waals surface area contributed by atoms with E-state index in [2.05, 4.69) is 44.9 Å². The average molecular weight is 399 g/mol. The zero-order valence-electron chi connectivity index (χ0n) is 15.6. The number of anilines is 1. The minimum absolute atomic E-state index is 0.105. The van der Waals surface area contributed by atoms with Gasteiger partial charge >= 0.3 is 6.18 Å². The third-order valence-electron chi connectivity index (χ3n) is 3.72. The van der Waals surface area contributed by atoms with Crippen LogP contribution < -0.4 is 15.5 Å². The van der Waals surface area contributed by atoms with Gasteiger partial charge in [-0.1, -0.05) is 12.1 Å². The van der Waals surface area contributed by atoms with Gasteiger partial charge in [0.15, 0.2) is 11.7 Å². The summed E-state index contributed by atoms with van der Waals surface area (Å²) < 4.78 is 37.8. The Bertz CT molecular complexity index is 738. The van der Waals surface area contributed by atoms with Crippen molar-refractivity contribution in [1.82, 2.24) is 15.6 Å². The van der Waals surface area contributed by atoms with Gasteiger partial charge in [-0.05, 0) is 31.0 Å². The molecule has 5 nitrogen and oxygen atoms in total. The predicted octanol–water partition coefficient (Wildman–Crippen LogP) is 3.53. The highest BCUT2D eigenvalue weighted by molar-refractivity contribution is 7.09. The minimum Gasteiger partial charge on any atom is -0.378 e. The molecule has 0 atom stereocenters. The monoisotopic (exact) mass is 399 g/mol. The number of guanidine groups is 1. The molecular formula is C18H24F3N5S. The summed E-state index contributed by atoms with van der Waals surface area (Å²) in [7, 11) is 3.99. The van der Waals surface area contributed by atoms with Gasteiger partial charge in [0.1, 0.15) is 5.01 Å². The van der Waals surface area contributed by atoms with Gasteiger partial charge in [-0.2, -0.15) is 13.2 Å². The Morgan fingerprint density at radius 3 is 2.44 bits per heavy atom. The molecule has 148 valence electrons. The first-order chi connectivity index (χ1) is 12.8. The molecule has 2 N–H and O–H groups in total. The lowest BCUT2D eigenvalue weighted by Gasteiger charge is -2.13. The molecule has 1 aromatic heterocycles. The van der Waals surface area contributed by atoms with Gasteiger partial charge in [0.05, 0.1) is 6.54 Å². The van der Waals surface area contributed by atoms with Gasteiger partial charge in [0, 0.05) is 38.3 Å². The Labute approximate surface area is 161 Å². The van der Waals surface area contributed by atoms with E-state index < -0.39 is 11.9 Å². The topological polar surface area (TPSA) is 52.6 Å². The summed E-state index contributed by atoms with van der Waals surface area (Å²) >= 11 is 0.963. The van der Waals surface area contributed by atoms with E-state index in [4.69, 9.17) is 0 Å². The van der Waals surface area contributed by atoms with E-state index in [0.717, 1.165) is 28.8 Å². The summed E-state index contributed by atoms with van der Waals surface area (Å²) in [4.78, 5) is 9.95. The number of hydrogen-bond donors (Lipinski definition) is 2. The van der Waals surface area contributed by atoms with Crippen molar-refractivity contribution in [2.75, 3.05) is 32.1 Å². The molecule has 0 aliphatic rings. The van der Waals surface area contributed by atoms with E-state index in [-0.39, 0.29) is 6.54 Å². The zero-order chi connectivity index (χ0) is 19.9. The number of nitrogens with one attached hydrogen (secondary N) is 2. The molecule has 2 rings (SSSR count). The van der Waals surface area contributed by atoms with Crippen LogP contribution in [0, 0.1) is 0 Å². The van der Waals surface area contributed by atoms with E-state index in [1.807, 2.05) is 25.9 Å². The van der Waals surface area contributed by atoms with Gasteiger partial charge in [-0.15, -0.1) is 11.3 Å². The van der Waals surface area contributed by atoms with Crippen LogP contribution in [0.3, 0.4) is 0 Å². The molecule has 1 heterocycles. The smallest absolute Gasteiger partial charge is 0.378 e. The van der Waals surface area contributed by atoms with Crippen molar-refractivity contribution in [2.45, 2.75) is 26.1 Å². The molecule has 0 bridgehead atoms. The Morgan fingerprint density at radius 1 is 1.19 bits per heavy atom. The van der Waals surface area contributed by atoms with Gasteiger partial charge in [-0.3, -0.25) is 0 Å². The lowest BCUT2D eigenvalue weighted by Crippen LogP contribution is -2.38. The van der Waals surface area contributed by atoms with Gasteiger partial charge < -0.3 is 15.5 Å². The van der Waals surface area contributed by atoms with Crippen LogP contribution in [0.4, 0.5) is 18.9 Å². The van der Waals surface area contributed by atoms with Crippen molar-refractivity contribution in [3.8, 4) is 0 Å². The number of alkyl halides is 3. The van der Waals surface area contributed by atoms with Crippen molar-refractivity contribution in [3.63, 3.8) is 0 Å². The van der Waals surface area contributed by atoms with E-state index in [9.17, 15) is 13.2 Å². The third kappa shape index (κ3) is 6.74. The maximum atomic E-state index is 12.6. The van der Waals surface area contributed by atoms with Crippen molar-refractivity contribution in [3.05, 3.63) is 45.9 Å². The standard InChI is InChI=1S/C18H24F3N5S/c1-4-22-17(24-11-16-25-15(12-27-16)18(19,20)21)23-10-9-13-5-7-14(8-6-13)26(2)3/h5-8,12H,4,9-11H2,1-3H3,(H2,22,23,24). The Kier molecular flexibility index (Phi) is 7.46. The second-order valence-corrected chi connectivity index (χ2v) is 7.00. The first kappa shape index (κ1) is 21.0. The molecule has 0 saturated heterocycles. The van der Waals surface area contributed by atoms with Crippen LogP contribution in [0.25, 0.3) is 0 Å². The van der Waals surface area contributed by atoms with Gasteiger partial charge in [0.2, 0.25) is 0 Å². The number of halogens is 3. The summed E-state index contributed by atoms with van der Waals surface area (Å²) in [6.45, 7) is 3.36. The second-order valence-electron chi connectivity index (χ2n) is 6.06. The van der Waals surface area contributed by atoms with Gasteiger partial charge in [-0.25, -0.2) is 9.98 Å². The highest BCUT2D eigenvalue weighted by atomic mass is 32.1. The van der Waals surface area contributed by atoms with Crippen LogP contribution in [0.1, 0.15) is 23.2 Å². The molecule has 1 aromatic carbocycles. The summed E-state index contributed by atoms with van der Waals surface area (Å²) in [5, 5.41) is 7.63. The highest BCUT2D eigenvalue weighted by Gasteiger charge is 2.33. The number of aliphatic imine (C=N–C) groups is 1. The molecule has 0 spiro atoms. The van der Waals surface area contributed by atoms with Crippen LogP contribution in [0.2, 0.25) is 0 Å². The number of nitrogens with zero attached hydrogens (tertiary/aromatic N) is 3. The lowest BCUT2D eigenvalue weighted by atomic mass is 10.1. The Morgan fingerprint density at radius 2 is 1.89 bits per heavy atom. The first-order valence-corrected chi connectivity index (χ1v) is 9.47. The van der Waals surface area contributed by atoms with E-state index in [1.54, 1.807) is 0 Å². The summed E-state index contributed by atoms with van der Waals surface area (Å²) in [5.74, 6) is 0.561. The molecule has 0 saturated carbocycles. The number of hydrogen-bond acceptors (Lipinski definition) is 4. The quantitative estimate of drug-likeness (QED) is 0.553. The minimum atomic E-state index is -4.41. The maximum Gasteiger partial charge on any atom is 0.434 e. The van der Waals surface area contributed by atoms with Crippen LogP contribution in [0.15, 0.2) is 34.6 Å².